The van der Waals surface area contributed by atoms with E-state index < -0.39 is 12.8 Å². The van der Waals surface area contributed by atoms with Gasteiger partial charge in [-0.15, -0.1) is 0 Å². The molecule has 6 rings (SSSR count). The van der Waals surface area contributed by atoms with Crippen LogP contribution >= 0.6 is 0 Å². The minimum Gasteiger partial charge on any atom is -0.467 e. The number of piperidine rings is 1. The highest BCUT2D eigenvalue weighted by atomic mass is 19.4. The number of likely N-dealkylation sites (tertiary alicyclic amines) is 1. The standard InChI is InChI=1S/C28H27F3N8O2/c1-37-12-8-19(9-13-37)22-10-14-39(36-22)20-6-4-18(5-7-20)16-38-25-23(34-27(38)40)15-33-24(35-25)21-3-2-11-32-26(21)41-17-28(29,30)31/h2-7,10-11,14-15,19H,8-9,12-13,16-17H2,1H3,(H,34,40). The van der Waals surface area contributed by atoms with E-state index in [9.17, 15) is 18.0 Å². The summed E-state index contributed by atoms with van der Waals surface area (Å²) >= 11 is 0. The summed E-state index contributed by atoms with van der Waals surface area (Å²) in [6, 6.07) is 12.9. The lowest BCUT2D eigenvalue weighted by Gasteiger charge is -2.27. The quantitative estimate of drug-likeness (QED) is 0.316. The third kappa shape index (κ3) is 5.85. The average Bonchev–Trinajstić information content (AvgIpc) is 3.57. The van der Waals surface area contributed by atoms with Gasteiger partial charge in [0.2, 0.25) is 5.88 Å². The number of halogens is 3. The van der Waals surface area contributed by atoms with Gasteiger partial charge in [0, 0.05) is 18.3 Å². The molecule has 1 aromatic carbocycles. The van der Waals surface area contributed by atoms with Crippen LogP contribution in [0.1, 0.15) is 30.0 Å². The van der Waals surface area contributed by atoms with E-state index in [1.54, 1.807) is 6.07 Å². The number of H-pyrrole nitrogens is 1. The molecule has 0 unspecified atom stereocenters. The number of nitrogens with zero attached hydrogens (tertiary/aromatic N) is 7. The van der Waals surface area contributed by atoms with Gasteiger partial charge in [-0.2, -0.15) is 18.3 Å². The molecule has 5 aromatic rings. The smallest absolute Gasteiger partial charge is 0.422 e. The first-order chi connectivity index (χ1) is 19.7. The molecule has 10 nitrogen and oxygen atoms in total. The molecule has 0 radical (unpaired) electrons. The third-order valence-electron chi connectivity index (χ3n) is 7.18. The van der Waals surface area contributed by atoms with Gasteiger partial charge in [-0.05, 0) is 68.9 Å². The van der Waals surface area contributed by atoms with Crippen molar-refractivity contribution in [1.29, 1.82) is 0 Å². The third-order valence-corrected chi connectivity index (χ3v) is 7.18. The van der Waals surface area contributed by atoms with E-state index in [1.165, 1.54) is 23.0 Å². The van der Waals surface area contributed by atoms with Crippen LogP contribution in [0.25, 0.3) is 28.2 Å². The number of fused-ring (bicyclic) bond motifs is 1. The van der Waals surface area contributed by atoms with E-state index >= 15 is 0 Å². The number of ether oxygens (including phenoxy) is 1. The second-order valence-corrected chi connectivity index (χ2v) is 10.1. The normalized spacial score (nSPS) is 15.0. The molecule has 13 heteroatoms. The SMILES string of the molecule is CN1CCC(c2ccn(-c3ccc(Cn4c(=O)[nH]c5cnc(-c6cccnc6OCC(F)(F)F)nc54)cc3)n2)CC1. The molecule has 1 saturated heterocycles. The fourth-order valence-corrected chi connectivity index (χ4v) is 4.99. The zero-order valence-electron chi connectivity index (χ0n) is 22.2. The van der Waals surface area contributed by atoms with Crippen LogP contribution in [-0.4, -0.2) is 72.1 Å². The number of aromatic nitrogens is 7. The van der Waals surface area contributed by atoms with Gasteiger partial charge < -0.3 is 14.6 Å². The highest BCUT2D eigenvalue weighted by molar-refractivity contribution is 5.74. The van der Waals surface area contributed by atoms with Crippen LogP contribution in [-0.2, 0) is 6.54 Å². The van der Waals surface area contributed by atoms with Crippen LogP contribution < -0.4 is 10.4 Å². The summed E-state index contributed by atoms with van der Waals surface area (Å²) in [5, 5.41) is 4.81. The van der Waals surface area contributed by atoms with Crippen molar-refractivity contribution in [3.8, 4) is 23.0 Å². The van der Waals surface area contributed by atoms with Gasteiger partial charge in [0.25, 0.3) is 0 Å². The van der Waals surface area contributed by atoms with E-state index in [0.717, 1.165) is 42.9 Å². The maximum Gasteiger partial charge on any atom is 0.422 e. The highest BCUT2D eigenvalue weighted by Gasteiger charge is 2.29. The van der Waals surface area contributed by atoms with Crippen LogP contribution in [0.5, 0.6) is 5.88 Å². The van der Waals surface area contributed by atoms with Crippen LogP contribution in [0, 0.1) is 0 Å². The van der Waals surface area contributed by atoms with Gasteiger partial charge in [0.15, 0.2) is 18.1 Å². The van der Waals surface area contributed by atoms with Gasteiger partial charge in [-0.3, -0.25) is 4.57 Å². The molecular formula is C28H27F3N8O2. The topological polar surface area (TPSA) is 107 Å². The van der Waals surface area contributed by atoms with Crippen LogP contribution in [0.2, 0.25) is 0 Å². The first-order valence-electron chi connectivity index (χ1n) is 13.2. The Morgan fingerprint density at radius 1 is 1.07 bits per heavy atom. The number of rotatable bonds is 7. The lowest BCUT2D eigenvalue weighted by Crippen LogP contribution is -2.29. The Morgan fingerprint density at radius 2 is 1.85 bits per heavy atom. The van der Waals surface area contributed by atoms with Crippen molar-refractivity contribution in [2.24, 2.45) is 0 Å². The monoisotopic (exact) mass is 564 g/mol. The fourth-order valence-electron chi connectivity index (χ4n) is 4.99. The van der Waals surface area contributed by atoms with E-state index in [-0.39, 0.29) is 29.5 Å². The lowest BCUT2D eigenvalue weighted by atomic mass is 9.94. The van der Waals surface area contributed by atoms with Crippen molar-refractivity contribution in [2.75, 3.05) is 26.7 Å². The van der Waals surface area contributed by atoms with Gasteiger partial charge in [-0.25, -0.2) is 24.4 Å². The molecule has 5 heterocycles. The Balaban J connectivity index is 1.23. The predicted octanol–water partition coefficient (Wildman–Crippen LogP) is 4.17. The summed E-state index contributed by atoms with van der Waals surface area (Å²) in [5.74, 6) is 0.304. The lowest BCUT2D eigenvalue weighted by molar-refractivity contribution is -0.154. The van der Waals surface area contributed by atoms with Gasteiger partial charge in [0.05, 0.1) is 29.7 Å². The molecule has 0 aliphatic carbocycles. The van der Waals surface area contributed by atoms with Crippen molar-refractivity contribution in [2.45, 2.75) is 31.5 Å². The second-order valence-electron chi connectivity index (χ2n) is 10.1. The Morgan fingerprint density at radius 3 is 2.61 bits per heavy atom. The summed E-state index contributed by atoms with van der Waals surface area (Å²) in [5.41, 5.74) is 3.37. The average molecular weight is 565 g/mol. The number of pyridine rings is 1. The molecule has 1 aliphatic heterocycles. The second kappa shape index (κ2) is 10.8. The molecule has 0 atom stereocenters. The van der Waals surface area contributed by atoms with Gasteiger partial charge >= 0.3 is 11.9 Å². The molecule has 1 fully saturated rings. The zero-order chi connectivity index (χ0) is 28.6. The maximum absolute atomic E-state index is 12.8. The Kier molecular flexibility index (Phi) is 7.03. The van der Waals surface area contributed by atoms with Gasteiger partial charge in [0.1, 0.15) is 5.52 Å². The number of hydrogen-bond donors (Lipinski definition) is 1. The van der Waals surface area contributed by atoms with E-state index in [4.69, 9.17) is 9.84 Å². The molecule has 41 heavy (non-hydrogen) atoms. The zero-order valence-corrected chi connectivity index (χ0v) is 22.2. The minimum absolute atomic E-state index is 0.0879. The van der Waals surface area contributed by atoms with Crippen molar-refractivity contribution in [1.82, 2.24) is 39.2 Å². The van der Waals surface area contributed by atoms with Crippen molar-refractivity contribution in [3.63, 3.8) is 0 Å². The van der Waals surface area contributed by atoms with E-state index in [0.29, 0.717) is 17.1 Å². The molecule has 0 amide bonds. The molecule has 4 aromatic heterocycles. The van der Waals surface area contributed by atoms with Crippen molar-refractivity contribution < 1.29 is 17.9 Å². The number of aromatic amines is 1. The summed E-state index contributed by atoms with van der Waals surface area (Å²) in [4.78, 5) is 30.5. The first-order valence-corrected chi connectivity index (χ1v) is 13.2. The number of hydrogen-bond acceptors (Lipinski definition) is 7. The largest absolute Gasteiger partial charge is 0.467 e. The maximum atomic E-state index is 12.8. The number of alkyl halides is 3. The van der Waals surface area contributed by atoms with E-state index in [2.05, 4.69) is 37.9 Å². The number of nitrogens with one attached hydrogen (secondary N) is 1. The fraction of sp³-hybridized carbons (Fsp3) is 0.321. The first kappa shape index (κ1) is 26.7. The summed E-state index contributed by atoms with van der Waals surface area (Å²) in [6.45, 7) is 0.865. The molecular weight excluding hydrogens is 537 g/mol. The summed E-state index contributed by atoms with van der Waals surface area (Å²) in [6.07, 6.45) is 2.37. The molecule has 0 saturated carbocycles. The molecule has 1 N–H and O–H groups in total. The predicted molar refractivity (Wildman–Crippen MR) is 145 cm³/mol. The number of benzene rings is 1. The van der Waals surface area contributed by atoms with Crippen LogP contribution in [0.3, 0.4) is 0 Å². The van der Waals surface area contributed by atoms with Crippen molar-refractivity contribution >= 4 is 11.2 Å². The Bertz CT molecular complexity index is 1720. The highest BCUT2D eigenvalue weighted by Crippen LogP contribution is 2.28. The molecule has 0 bridgehead atoms. The van der Waals surface area contributed by atoms with Gasteiger partial charge in [-0.1, -0.05) is 12.1 Å². The van der Waals surface area contributed by atoms with E-state index in [1.807, 2.05) is 35.1 Å². The Labute approximate surface area is 232 Å². The van der Waals surface area contributed by atoms with Crippen LogP contribution in [0.4, 0.5) is 13.2 Å². The summed E-state index contributed by atoms with van der Waals surface area (Å²) in [7, 11) is 2.14. The van der Waals surface area contributed by atoms with Crippen molar-refractivity contribution in [3.05, 3.63) is 82.8 Å². The molecule has 212 valence electrons. The minimum atomic E-state index is -4.53. The Hall–Kier alpha value is -4.52. The molecule has 1 aliphatic rings. The van der Waals surface area contributed by atoms with Crippen LogP contribution in [0.15, 0.2) is 65.8 Å². The number of imidazole rings is 1. The molecule has 0 spiro atoms. The summed E-state index contributed by atoms with van der Waals surface area (Å²) < 4.78 is 46.4.